The number of para-hydroxylation sites is 1. The third-order valence-corrected chi connectivity index (χ3v) is 6.32. The van der Waals surface area contributed by atoms with Gasteiger partial charge >= 0.3 is 0 Å². The highest BCUT2D eigenvalue weighted by molar-refractivity contribution is 6.04. The molecule has 30 heavy (non-hydrogen) atoms. The number of carbonyl (C=O) groups excluding carboxylic acids is 2. The van der Waals surface area contributed by atoms with Crippen LogP contribution in [-0.4, -0.2) is 57.2 Å². The first-order valence-corrected chi connectivity index (χ1v) is 11.0. The van der Waals surface area contributed by atoms with E-state index in [-0.39, 0.29) is 17.9 Å². The molecule has 2 aliphatic heterocycles. The van der Waals surface area contributed by atoms with E-state index in [0.29, 0.717) is 23.7 Å². The normalized spacial score (nSPS) is 19.5. The smallest absolute Gasteiger partial charge is 0.253 e. The molecule has 8 nitrogen and oxygen atoms in total. The number of likely N-dealkylation sites (tertiary alicyclic amines) is 1. The molecule has 5 rings (SSSR count). The van der Waals surface area contributed by atoms with E-state index < -0.39 is 0 Å². The summed E-state index contributed by atoms with van der Waals surface area (Å²) in [4.78, 5) is 27.3. The van der Waals surface area contributed by atoms with Crippen molar-refractivity contribution >= 4 is 17.5 Å². The molecule has 2 N–H and O–H groups in total. The van der Waals surface area contributed by atoms with Gasteiger partial charge in [-0.1, -0.05) is 12.1 Å². The van der Waals surface area contributed by atoms with Crippen LogP contribution in [0.1, 0.15) is 60.0 Å². The van der Waals surface area contributed by atoms with Gasteiger partial charge in [-0.25, -0.2) is 0 Å². The number of piperidine rings is 1. The molecule has 3 aliphatic rings. The van der Waals surface area contributed by atoms with Gasteiger partial charge in [0, 0.05) is 24.9 Å². The Balaban J connectivity index is 1.15. The molecule has 3 heterocycles. The number of carbonyl (C=O) groups is 2. The van der Waals surface area contributed by atoms with E-state index in [1.165, 1.54) is 0 Å². The maximum atomic E-state index is 12.6. The van der Waals surface area contributed by atoms with Gasteiger partial charge in [-0.05, 0) is 57.3 Å². The van der Waals surface area contributed by atoms with Crippen LogP contribution in [0, 0.1) is 0 Å². The summed E-state index contributed by atoms with van der Waals surface area (Å²) < 4.78 is 2.29. The number of rotatable bonds is 6. The number of amides is 2. The Kier molecular flexibility index (Phi) is 5.25. The fourth-order valence-corrected chi connectivity index (χ4v) is 4.50. The number of aromatic nitrogens is 3. The second-order valence-corrected chi connectivity index (χ2v) is 8.62. The Bertz CT molecular complexity index is 943. The third kappa shape index (κ3) is 4.09. The monoisotopic (exact) mass is 408 g/mol. The number of aryl methyl sites for hydroxylation is 1. The van der Waals surface area contributed by atoms with E-state index in [1.54, 1.807) is 12.1 Å². The lowest BCUT2D eigenvalue weighted by Gasteiger charge is -2.31. The van der Waals surface area contributed by atoms with Crippen LogP contribution in [-0.2, 0) is 17.8 Å². The van der Waals surface area contributed by atoms with Gasteiger partial charge in [-0.3, -0.25) is 14.5 Å². The second-order valence-electron chi connectivity index (χ2n) is 8.62. The molecule has 2 fully saturated rings. The minimum absolute atomic E-state index is 0.0801. The SMILES string of the molecule is O=C(CN1CCC(c2nnc3n2CCC3)CC1)Nc1ccccc1C(=O)NC1CC1. The first kappa shape index (κ1) is 19.2. The number of anilines is 1. The van der Waals surface area contributed by atoms with Crippen LogP contribution in [0.2, 0.25) is 0 Å². The van der Waals surface area contributed by atoms with E-state index in [0.717, 1.165) is 69.8 Å². The van der Waals surface area contributed by atoms with Crippen LogP contribution in [0.4, 0.5) is 5.69 Å². The fraction of sp³-hybridized carbons (Fsp3) is 0.545. The summed E-state index contributed by atoms with van der Waals surface area (Å²) in [5.74, 6) is 2.48. The second kappa shape index (κ2) is 8.18. The fourth-order valence-electron chi connectivity index (χ4n) is 4.50. The number of nitrogens with one attached hydrogen (secondary N) is 2. The van der Waals surface area contributed by atoms with E-state index >= 15 is 0 Å². The van der Waals surface area contributed by atoms with Crippen LogP contribution in [0.15, 0.2) is 24.3 Å². The maximum Gasteiger partial charge on any atom is 0.253 e. The van der Waals surface area contributed by atoms with Crippen molar-refractivity contribution in [2.75, 3.05) is 25.0 Å². The summed E-state index contributed by atoms with van der Waals surface area (Å²) in [5, 5.41) is 14.7. The number of hydrogen-bond donors (Lipinski definition) is 2. The van der Waals surface area contributed by atoms with Crippen molar-refractivity contribution in [3.63, 3.8) is 0 Å². The number of nitrogens with zero attached hydrogens (tertiary/aromatic N) is 4. The minimum atomic E-state index is -0.116. The molecule has 0 unspecified atom stereocenters. The molecule has 2 aromatic rings. The Hall–Kier alpha value is -2.74. The van der Waals surface area contributed by atoms with E-state index in [4.69, 9.17) is 0 Å². The van der Waals surface area contributed by atoms with Crippen molar-refractivity contribution in [2.24, 2.45) is 0 Å². The minimum Gasteiger partial charge on any atom is -0.349 e. The van der Waals surface area contributed by atoms with Gasteiger partial charge in [0.25, 0.3) is 5.91 Å². The largest absolute Gasteiger partial charge is 0.349 e. The average molecular weight is 409 g/mol. The highest BCUT2D eigenvalue weighted by atomic mass is 16.2. The van der Waals surface area contributed by atoms with Crippen LogP contribution in [0.3, 0.4) is 0 Å². The molecule has 1 saturated carbocycles. The molecule has 1 saturated heterocycles. The Morgan fingerprint density at radius 3 is 2.63 bits per heavy atom. The Morgan fingerprint density at radius 1 is 1.03 bits per heavy atom. The zero-order valence-electron chi connectivity index (χ0n) is 17.1. The average Bonchev–Trinajstić information content (AvgIpc) is 3.28. The zero-order chi connectivity index (χ0) is 20.5. The van der Waals surface area contributed by atoms with E-state index in [9.17, 15) is 9.59 Å². The lowest BCUT2D eigenvalue weighted by molar-refractivity contribution is -0.117. The lowest BCUT2D eigenvalue weighted by atomic mass is 9.96. The van der Waals surface area contributed by atoms with Crippen molar-refractivity contribution in [3.05, 3.63) is 41.5 Å². The van der Waals surface area contributed by atoms with E-state index in [1.807, 2.05) is 12.1 Å². The first-order valence-electron chi connectivity index (χ1n) is 11.0. The zero-order valence-corrected chi connectivity index (χ0v) is 17.1. The highest BCUT2D eigenvalue weighted by Crippen LogP contribution is 2.29. The first-order chi connectivity index (χ1) is 14.7. The molecule has 1 aromatic carbocycles. The highest BCUT2D eigenvalue weighted by Gasteiger charge is 2.29. The topological polar surface area (TPSA) is 92.2 Å². The molecule has 0 bridgehead atoms. The summed E-state index contributed by atoms with van der Waals surface area (Å²) >= 11 is 0. The summed E-state index contributed by atoms with van der Waals surface area (Å²) in [7, 11) is 0. The Morgan fingerprint density at radius 2 is 1.83 bits per heavy atom. The van der Waals surface area contributed by atoms with Crippen LogP contribution >= 0.6 is 0 Å². The van der Waals surface area contributed by atoms with Gasteiger partial charge in [-0.2, -0.15) is 0 Å². The van der Waals surface area contributed by atoms with Crippen molar-refractivity contribution in [3.8, 4) is 0 Å². The Labute approximate surface area is 176 Å². The number of hydrogen-bond acceptors (Lipinski definition) is 5. The quantitative estimate of drug-likeness (QED) is 0.762. The molecular formula is C22H28N6O2. The third-order valence-electron chi connectivity index (χ3n) is 6.32. The molecule has 0 atom stereocenters. The van der Waals surface area contributed by atoms with Crippen molar-refractivity contribution in [1.29, 1.82) is 0 Å². The van der Waals surface area contributed by atoms with Gasteiger partial charge in [0.05, 0.1) is 17.8 Å². The number of benzene rings is 1. The summed E-state index contributed by atoms with van der Waals surface area (Å²) in [5.41, 5.74) is 1.10. The summed E-state index contributed by atoms with van der Waals surface area (Å²) in [6, 6.07) is 7.50. The molecule has 1 aliphatic carbocycles. The van der Waals surface area contributed by atoms with Gasteiger partial charge in [-0.15, -0.1) is 10.2 Å². The van der Waals surface area contributed by atoms with Crippen molar-refractivity contribution < 1.29 is 9.59 Å². The predicted octanol–water partition coefficient (Wildman–Crippen LogP) is 1.93. The van der Waals surface area contributed by atoms with Crippen LogP contribution < -0.4 is 10.6 Å². The molecule has 8 heteroatoms. The summed E-state index contributed by atoms with van der Waals surface area (Å²) in [6.07, 6.45) is 6.25. The van der Waals surface area contributed by atoms with Crippen LogP contribution in [0.25, 0.3) is 0 Å². The predicted molar refractivity (Wildman–Crippen MR) is 112 cm³/mol. The van der Waals surface area contributed by atoms with Crippen molar-refractivity contribution in [1.82, 2.24) is 25.0 Å². The molecular weight excluding hydrogens is 380 g/mol. The maximum absolute atomic E-state index is 12.6. The van der Waals surface area contributed by atoms with Crippen LogP contribution in [0.5, 0.6) is 0 Å². The van der Waals surface area contributed by atoms with Gasteiger partial charge in [0.1, 0.15) is 11.6 Å². The molecule has 158 valence electrons. The standard InChI is InChI=1S/C22H28N6O2/c29-20(24-18-5-2-1-4-17(18)22(30)23-16-7-8-16)14-27-12-9-15(10-13-27)21-26-25-19-6-3-11-28(19)21/h1-2,4-5,15-16H,3,6-14H2,(H,23,30)(H,24,29). The molecule has 0 radical (unpaired) electrons. The van der Waals surface area contributed by atoms with Gasteiger partial charge in [0.2, 0.25) is 5.91 Å². The molecule has 0 spiro atoms. The van der Waals surface area contributed by atoms with Gasteiger partial charge in [0.15, 0.2) is 0 Å². The molecule has 2 amide bonds. The van der Waals surface area contributed by atoms with Gasteiger partial charge < -0.3 is 15.2 Å². The lowest BCUT2D eigenvalue weighted by Crippen LogP contribution is -2.39. The van der Waals surface area contributed by atoms with E-state index in [2.05, 4.69) is 30.3 Å². The summed E-state index contributed by atoms with van der Waals surface area (Å²) in [6.45, 7) is 3.10. The molecule has 1 aromatic heterocycles. The van der Waals surface area contributed by atoms with Crippen molar-refractivity contribution in [2.45, 2.75) is 57.0 Å². The number of fused-ring (bicyclic) bond motifs is 1.